The molecule has 0 aliphatic carbocycles. The van der Waals surface area contributed by atoms with Gasteiger partial charge in [-0.25, -0.2) is 0 Å². The van der Waals surface area contributed by atoms with E-state index in [1.54, 1.807) is 7.05 Å². The highest BCUT2D eigenvalue weighted by Gasteiger charge is 2.37. The second-order valence-corrected chi connectivity index (χ2v) is 11.1. The second-order valence-electron chi connectivity index (χ2n) is 11.1. The highest BCUT2D eigenvalue weighted by Crippen LogP contribution is 2.34. The van der Waals surface area contributed by atoms with Crippen LogP contribution in [0.5, 0.6) is 0 Å². The third kappa shape index (κ3) is 7.54. The van der Waals surface area contributed by atoms with E-state index in [0.717, 1.165) is 29.9 Å². The largest absolute Gasteiger partial charge is 0.386 e. The average Bonchev–Trinajstić information content (AvgIpc) is 3.03. The van der Waals surface area contributed by atoms with Crippen LogP contribution in [0.4, 0.5) is 5.69 Å². The van der Waals surface area contributed by atoms with Gasteiger partial charge in [0.05, 0.1) is 12.1 Å². The van der Waals surface area contributed by atoms with Gasteiger partial charge in [0.1, 0.15) is 11.7 Å². The number of hydrogen-bond donors (Lipinski definition) is 1. The molecule has 0 saturated heterocycles. The molecule has 218 valence electrons. The molecule has 0 aliphatic heterocycles. The molecule has 0 bridgehead atoms. The first-order valence-electron chi connectivity index (χ1n) is 14.7. The van der Waals surface area contributed by atoms with Gasteiger partial charge in [0, 0.05) is 31.7 Å². The first kappa shape index (κ1) is 30.7. The number of nitrogens with zero attached hydrogens (tertiary/aromatic N) is 2. The van der Waals surface area contributed by atoms with Crippen molar-refractivity contribution in [2.45, 2.75) is 58.3 Å². The summed E-state index contributed by atoms with van der Waals surface area (Å²) in [7, 11) is 1.68. The summed E-state index contributed by atoms with van der Waals surface area (Å²) in [5.41, 5.74) is 5.14. The molecule has 0 radical (unpaired) electrons. The summed E-state index contributed by atoms with van der Waals surface area (Å²) < 4.78 is 0. The summed E-state index contributed by atoms with van der Waals surface area (Å²) in [6, 6.07) is 37.8. The molecule has 4 aromatic carbocycles. The molecule has 42 heavy (non-hydrogen) atoms. The van der Waals surface area contributed by atoms with Gasteiger partial charge in [-0.3, -0.25) is 9.59 Å². The van der Waals surface area contributed by atoms with E-state index >= 15 is 0 Å². The van der Waals surface area contributed by atoms with Crippen molar-refractivity contribution < 1.29 is 14.7 Å². The third-order valence-corrected chi connectivity index (χ3v) is 8.20. The Hall–Kier alpha value is -4.22. The van der Waals surface area contributed by atoms with Crippen molar-refractivity contribution in [1.82, 2.24) is 4.90 Å². The van der Waals surface area contributed by atoms with Gasteiger partial charge in [-0.05, 0) is 54.7 Å². The third-order valence-electron chi connectivity index (χ3n) is 8.20. The lowest BCUT2D eigenvalue weighted by atomic mass is 9.80. The van der Waals surface area contributed by atoms with Crippen molar-refractivity contribution >= 4 is 17.4 Å². The molecule has 1 amide bonds. The molecule has 0 fully saturated rings. The lowest BCUT2D eigenvalue weighted by molar-refractivity contribution is -0.144. The molecule has 0 spiro atoms. The number of anilines is 1. The van der Waals surface area contributed by atoms with Crippen LogP contribution in [0.2, 0.25) is 0 Å². The molecule has 0 saturated carbocycles. The highest BCUT2D eigenvalue weighted by atomic mass is 16.3. The maximum atomic E-state index is 13.9. The Morgan fingerprint density at radius 1 is 0.738 bits per heavy atom. The zero-order valence-corrected chi connectivity index (χ0v) is 25.1. The molecule has 1 N–H and O–H groups in total. The summed E-state index contributed by atoms with van der Waals surface area (Å²) >= 11 is 0. The summed E-state index contributed by atoms with van der Waals surface area (Å²) in [5, 5.41) is 11.0. The van der Waals surface area contributed by atoms with Gasteiger partial charge in [0.15, 0.2) is 0 Å². The Labute approximate surface area is 250 Å². The van der Waals surface area contributed by atoms with Crippen LogP contribution < -0.4 is 4.90 Å². The summed E-state index contributed by atoms with van der Waals surface area (Å²) in [6.45, 7) is 6.79. The van der Waals surface area contributed by atoms with Crippen molar-refractivity contribution in [1.29, 1.82) is 0 Å². The second kappa shape index (κ2) is 14.6. The molecule has 4 aromatic rings. The Morgan fingerprint density at radius 3 is 1.74 bits per heavy atom. The van der Waals surface area contributed by atoms with Gasteiger partial charge in [-0.15, -0.1) is 0 Å². The highest BCUT2D eigenvalue weighted by molar-refractivity contribution is 6.01. The molecule has 0 aliphatic rings. The van der Waals surface area contributed by atoms with Crippen molar-refractivity contribution in [2.24, 2.45) is 5.92 Å². The fourth-order valence-corrected chi connectivity index (χ4v) is 5.65. The van der Waals surface area contributed by atoms with E-state index in [2.05, 4.69) is 65.6 Å². The smallest absolute Gasteiger partial charge is 0.233 e. The van der Waals surface area contributed by atoms with Crippen LogP contribution in [0.3, 0.4) is 0 Å². The van der Waals surface area contributed by atoms with Gasteiger partial charge in [-0.1, -0.05) is 110 Å². The van der Waals surface area contributed by atoms with Crippen LogP contribution >= 0.6 is 0 Å². The fraction of sp³-hybridized carbons (Fsp3) is 0.297. The minimum absolute atomic E-state index is 0.170. The summed E-state index contributed by atoms with van der Waals surface area (Å²) in [6.07, 6.45) is -0.235. The van der Waals surface area contributed by atoms with E-state index in [-0.39, 0.29) is 17.6 Å². The Balaban J connectivity index is 1.63. The summed E-state index contributed by atoms with van der Waals surface area (Å²) in [4.78, 5) is 30.9. The average molecular weight is 563 g/mol. The number of benzene rings is 4. The minimum Gasteiger partial charge on any atom is -0.386 e. The van der Waals surface area contributed by atoms with Crippen LogP contribution in [-0.2, 0) is 22.7 Å². The van der Waals surface area contributed by atoms with Gasteiger partial charge in [0.2, 0.25) is 5.91 Å². The molecule has 4 rings (SSSR count). The molecule has 4 atom stereocenters. The van der Waals surface area contributed by atoms with Crippen molar-refractivity contribution in [3.05, 3.63) is 138 Å². The molecule has 4 unspecified atom stereocenters. The number of Topliss-reactive ketones (excluding diaryl/α,β-unsaturated/α-hetero) is 1. The number of amides is 1. The molecule has 5 heteroatoms. The van der Waals surface area contributed by atoms with Gasteiger partial charge >= 0.3 is 0 Å². The molecule has 0 heterocycles. The monoisotopic (exact) mass is 562 g/mol. The van der Waals surface area contributed by atoms with E-state index in [0.29, 0.717) is 6.42 Å². The van der Waals surface area contributed by atoms with Crippen molar-refractivity contribution in [3.63, 3.8) is 0 Å². The Kier molecular flexibility index (Phi) is 10.7. The standard InChI is InChI=1S/C37H42N2O3/c1-5-34(35(28(3)40)37(42)38(4)27(2)36(41)31-20-13-8-14-21-31)32-22-15-23-33(24-32)39(25-29-16-9-6-10-17-29)26-30-18-11-7-12-19-30/h6-24,27,34-36,41H,5,25-26H2,1-4H3. The normalized spacial score (nSPS) is 13.9. The van der Waals surface area contributed by atoms with E-state index in [4.69, 9.17) is 0 Å². The fourth-order valence-electron chi connectivity index (χ4n) is 5.65. The lowest BCUT2D eigenvalue weighted by Crippen LogP contribution is -2.45. The van der Waals surface area contributed by atoms with E-state index in [1.165, 1.54) is 23.0 Å². The molecule has 0 aromatic heterocycles. The number of aliphatic hydroxyl groups is 1. The van der Waals surface area contributed by atoms with Crippen LogP contribution in [0.15, 0.2) is 115 Å². The van der Waals surface area contributed by atoms with Crippen molar-refractivity contribution in [3.8, 4) is 0 Å². The SMILES string of the molecule is CCC(c1cccc(N(Cc2ccccc2)Cc2ccccc2)c1)C(C(C)=O)C(=O)N(C)C(C)C(O)c1ccccc1. The minimum atomic E-state index is -0.860. The zero-order valence-electron chi connectivity index (χ0n) is 25.1. The van der Waals surface area contributed by atoms with Crippen LogP contribution in [0.25, 0.3) is 0 Å². The predicted octanol–water partition coefficient (Wildman–Crippen LogP) is 7.17. The van der Waals surface area contributed by atoms with Crippen LogP contribution in [-0.4, -0.2) is 34.8 Å². The van der Waals surface area contributed by atoms with E-state index in [9.17, 15) is 14.7 Å². The van der Waals surface area contributed by atoms with E-state index < -0.39 is 18.1 Å². The Morgan fingerprint density at radius 2 is 1.24 bits per heavy atom. The first-order valence-corrected chi connectivity index (χ1v) is 14.7. The number of aliphatic hydroxyl groups excluding tert-OH is 1. The maximum Gasteiger partial charge on any atom is 0.233 e. The van der Waals surface area contributed by atoms with Crippen LogP contribution in [0.1, 0.15) is 61.5 Å². The molecule has 5 nitrogen and oxygen atoms in total. The topological polar surface area (TPSA) is 60.9 Å². The lowest BCUT2D eigenvalue weighted by Gasteiger charge is -2.34. The molecular weight excluding hydrogens is 520 g/mol. The van der Waals surface area contributed by atoms with Gasteiger partial charge in [-0.2, -0.15) is 0 Å². The number of carbonyl (C=O) groups excluding carboxylic acids is 2. The number of rotatable bonds is 13. The number of ketones is 1. The molecular formula is C37H42N2O3. The zero-order chi connectivity index (χ0) is 30.1. The predicted molar refractivity (Wildman–Crippen MR) is 170 cm³/mol. The van der Waals surface area contributed by atoms with Crippen molar-refractivity contribution in [2.75, 3.05) is 11.9 Å². The van der Waals surface area contributed by atoms with Crippen LogP contribution in [0, 0.1) is 5.92 Å². The van der Waals surface area contributed by atoms with Gasteiger partial charge < -0.3 is 14.9 Å². The number of carbonyl (C=O) groups is 2. The number of likely N-dealkylation sites (N-methyl/N-ethyl adjacent to an activating group) is 1. The maximum absolute atomic E-state index is 13.9. The Bertz CT molecular complexity index is 1380. The van der Waals surface area contributed by atoms with E-state index in [1.807, 2.05) is 68.4 Å². The number of hydrogen-bond acceptors (Lipinski definition) is 4. The summed E-state index contributed by atoms with van der Waals surface area (Å²) in [5.74, 6) is -1.59. The quantitative estimate of drug-likeness (QED) is 0.176. The first-order chi connectivity index (χ1) is 20.3. The van der Waals surface area contributed by atoms with Gasteiger partial charge in [0.25, 0.3) is 0 Å².